The summed E-state index contributed by atoms with van der Waals surface area (Å²) in [5.41, 5.74) is 3.74. The van der Waals surface area contributed by atoms with Gasteiger partial charge in [-0.05, 0) is 60.4 Å². The van der Waals surface area contributed by atoms with Crippen molar-refractivity contribution in [2.75, 3.05) is 31.5 Å². The van der Waals surface area contributed by atoms with Crippen LogP contribution in [-0.2, 0) is 9.59 Å². The molecule has 2 N–H and O–H groups in total. The number of carbonyl (C=O) groups is 2. The Morgan fingerprint density at radius 3 is 2.45 bits per heavy atom. The van der Waals surface area contributed by atoms with Gasteiger partial charge in [-0.15, -0.1) is 0 Å². The minimum atomic E-state index is -0.448. The normalized spacial score (nSPS) is 16.0. The number of nitrogens with zero attached hydrogens (tertiary/aromatic N) is 3. The van der Waals surface area contributed by atoms with Crippen molar-refractivity contribution >= 4 is 40.7 Å². The van der Waals surface area contributed by atoms with Gasteiger partial charge in [-0.2, -0.15) is 5.26 Å². The number of β-amino-alcohol motifs (C(OH)–C–C–N with tert-alkyl or cyclic N) is 1. The van der Waals surface area contributed by atoms with Crippen molar-refractivity contribution in [1.82, 2.24) is 9.80 Å². The third kappa shape index (κ3) is 7.12. The molecule has 2 unspecified atom stereocenters. The van der Waals surface area contributed by atoms with E-state index in [0.29, 0.717) is 40.8 Å². The molecule has 7 nitrogen and oxygen atoms in total. The van der Waals surface area contributed by atoms with Crippen molar-refractivity contribution in [3.63, 3.8) is 0 Å². The summed E-state index contributed by atoms with van der Waals surface area (Å²) >= 11 is 12.1. The molecule has 4 rings (SSSR count). The van der Waals surface area contributed by atoms with Crippen LogP contribution in [0.2, 0.25) is 10.0 Å². The van der Waals surface area contributed by atoms with Gasteiger partial charge in [-0.1, -0.05) is 59.6 Å². The molecular formula is C29H28Cl2N4O3. The molecule has 2 amide bonds. The number of aliphatic hydroxyl groups excluding tert-OH is 1. The van der Waals surface area contributed by atoms with E-state index in [2.05, 4.69) is 11.4 Å². The fourth-order valence-corrected chi connectivity index (χ4v) is 5.09. The van der Waals surface area contributed by atoms with Crippen LogP contribution in [0.4, 0.5) is 5.69 Å². The van der Waals surface area contributed by atoms with E-state index in [0.717, 1.165) is 16.7 Å². The van der Waals surface area contributed by atoms with E-state index in [1.807, 2.05) is 54.3 Å². The van der Waals surface area contributed by atoms with Crippen molar-refractivity contribution in [1.29, 1.82) is 5.26 Å². The smallest absolute Gasteiger partial charge is 0.244 e. The van der Waals surface area contributed by atoms with Crippen molar-refractivity contribution in [3.05, 3.63) is 87.9 Å². The lowest BCUT2D eigenvalue weighted by Gasteiger charge is -2.31. The molecule has 0 radical (unpaired) electrons. The number of amides is 2. The van der Waals surface area contributed by atoms with Gasteiger partial charge in [0.15, 0.2) is 0 Å². The first-order valence-corrected chi connectivity index (χ1v) is 13.0. The Morgan fingerprint density at radius 1 is 1.11 bits per heavy atom. The Bertz CT molecular complexity index is 1340. The molecule has 0 aromatic heterocycles. The number of nitriles is 1. The number of likely N-dealkylation sites (tertiary alicyclic amines) is 1. The maximum atomic E-state index is 13.4. The van der Waals surface area contributed by atoms with Crippen LogP contribution >= 0.6 is 23.2 Å². The number of rotatable bonds is 8. The zero-order valence-corrected chi connectivity index (χ0v) is 22.4. The fourth-order valence-electron chi connectivity index (χ4n) is 4.56. The van der Waals surface area contributed by atoms with Gasteiger partial charge in [-0.25, -0.2) is 0 Å². The summed E-state index contributed by atoms with van der Waals surface area (Å²) in [6, 6.07) is 21.6. The maximum Gasteiger partial charge on any atom is 0.244 e. The molecule has 0 aliphatic carbocycles. The van der Waals surface area contributed by atoms with Crippen LogP contribution in [0.3, 0.4) is 0 Å². The first kappa shape index (κ1) is 27.6. The van der Waals surface area contributed by atoms with Gasteiger partial charge in [0.2, 0.25) is 11.8 Å². The molecule has 0 spiro atoms. The molecule has 1 fully saturated rings. The number of anilines is 1. The van der Waals surface area contributed by atoms with E-state index in [1.165, 1.54) is 4.90 Å². The van der Waals surface area contributed by atoms with E-state index in [1.54, 1.807) is 24.3 Å². The van der Waals surface area contributed by atoms with E-state index in [9.17, 15) is 20.0 Å². The number of hydrogen-bond acceptors (Lipinski definition) is 5. The highest BCUT2D eigenvalue weighted by atomic mass is 35.5. The van der Waals surface area contributed by atoms with Crippen LogP contribution in [0.5, 0.6) is 0 Å². The molecule has 1 aliphatic rings. The average molecular weight is 551 g/mol. The first-order valence-electron chi connectivity index (χ1n) is 12.3. The summed E-state index contributed by atoms with van der Waals surface area (Å²) in [5, 5.41) is 22.6. The Hall–Kier alpha value is -3.41. The van der Waals surface area contributed by atoms with E-state index < -0.39 is 12.1 Å². The summed E-state index contributed by atoms with van der Waals surface area (Å²) in [6.45, 7) is 2.87. The number of hydrogen-bond donors (Lipinski definition) is 2. The van der Waals surface area contributed by atoms with Crippen LogP contribution in [0.25, 0.3) is 11.1 Å². The summed E-state index contributed by atoms with van der Waals surface area (Å²) in [5.74, 6) is -0.591. The van der Waals surface area contributed by atoms with Gasteiger partial charge < -0.3 is 15.3 Å². The lowest BCUT2D eigenvalue weighted by Crippen LogP contribution is -2.44. The molecule has 196 valence electrons. The molecule has 38 heavy (non-hydrogen) atoms. The van der Waals surface area contributed by atoms with Crippen LogP contribution in [-0.4, -0.2) is 59.0 Å². The zero-order valence-electron chi connectivity index (χ0n) is 20.9. The van der Waals surface area contributed by atoms with Crippen LogP contribution in [0.15, 0.2) is 66.7 Å². The number of benzene rings is 3. The molecule has 3 aromatic carbocycles. The predicted octanol–water partition coefficient (Wildman–Crippen LogP) is 5.13. The van der Waals surface area contributed by atoms with Gasteiger partial charge in [0, 0.05) is 28.8 Å². The standard InChI is InChI=1S/C29H28Cl2N4O3/c1-19(21-5-7-22(8-6-21)23-4-2-3-20(11-23)15-32)35(29(38)18-34-10-9-27(36)16-34)17-28(37)33-26-13-24(30)12-25(31)14-26/h2-8,11-14,19,27,36H,9-10,16-18H2,1H3,(H,33,37). The van der Waals surface area contributed by atoms with E-state index in [4.69, 9.17) is 23.2 Å². The first-order chi connectivity index (χ1) is 18.2. The van der Waals surface area contributed by atoms with Crippen LogP contribution in [0, 0.1) is 11.3 Å². The summed E-state index contributed by atoms with van der Waals surface area (Å²) in [6.07, 6.45) is 0.171. The predicted molar refractivity (Wildman–Crippen MR) is 149 cm³/mol. The number of aliphatic hydroxyl groups is 1. The fraction of sp³-hybridized carbons (Fsp3) is 0.276. The summed E-state index contributed by atoms with van der Waals surface area (Å²) in [4.78, 5) is 29.9. The van der Waals surface area contributed by atoms with Crippen molar-refractivity contribution in [2.24, 2.45) is 0 Å². The Labute approximate surface area is 232 Å². The monoisotopic (exact) mass is 550 g/mol. The highest BCUT2D eigenvalue weighted by Gasteiger charge is 2.28. The van der Waals surface area contributed by atoms with Crippen LogP contribution < -0.4 is 5.32 Å². The topological polar surface area (TPSA) is 96.7 Å². The Morgan fingerprint density at radius 2 is 1.82 bits per heavy atom. The quantitative estimate of drug-likeness (QED) is 0.405. The second-order valence-electron chi connectivity index (χ2n) is 9.40. The Balaban J connectivity index is 1.53. The highest BCUT2D eigenvalue weighted by molar-refractivity contribution is 6.35. The van der Waals surface area contributed by atoms with Crippen molar-refractivity contribution < 1.29 is 14.7 Å². The molecule has 1 aliphatic heterocycles. The third-order valence-corrected chi connectivity index (χ3v) is 7.01. The van der Waals surface area contributed by atoms with Gasteiger partial charge >= 0.3 is 0 Å². The highest BCUT2D eigenvalue weighted by Crippen LogP contribution is 2.27. The van der Waals surface area contributed by atoms with Gasteiger partial charge in [0.05, 0.1) is 30.3 Å². The van der Waals surface area contributed by atoms with Crippen LogP contribution in [0.1, 0.15) is 30.5 Å². The van der Waals surface area contributed by atoms with E-state index in [-0.39, 0.29) is 24.9 Å². The maximum absolute atomic E-state index is 13.4. The van der Waals surface area contributed by atoms with Crippen molar-refractivity contribution in [3.8, 4) is 17.2 Å². The summed E-state index contributed by atoms with van der Waals surface area (Å²) < 4.78 is 0. The minimum absolute atomic E-state index is 0.108. The molecule has 2 atom stereocenters. The molecular weight excluding hydrogens is 523 g/mol. The summed E-state index contributed by atoms with van der Waals surface area (Å²) in [7, 11) is 0. The molecule has 0 saturated carbocycles. The van der Waals surface area contributed by atoms with Gasteiger partial charge in [0.1, 0.15) is 6.54 Å². The lowest BCUT2D eigenvalue weighted by atomic mass is 9.99. The SMILES string of the molecule is CC(c1ccc(-c2cccc(C#N)c2)cc1)N(CC(=O)Nc1cc(Cl)cc(Cl)c1)C(=O)CN1CCC(O)C1. The molecule has 0 bridgehead atoms. The molecule has 1 saturated heterocycles. The zero-order chi connectivity index (χ0) is 27.2. The molecule has 9 heteroatoms. The third-order valence-electron chi connectivity index (χ3n) is 6.57. The van der Waals surface area contributed by atoms with Gasteiger partial charge in [0.25, 0.3) is 0 Å². The molecule has 1 heterocycles. The number of halogens is 2. The molecule has 3 aromatic rings. The average Bonchev–Trinajstić information content (AvgIpc) is 3.30. The second kappa shape index (κ2) is 12.4. The lowest BCUT2D eigenvalue weighted by molar-refractivity contribution is -0.137. The minimum Gasteiger partial charge on any atom is -0.392 e. The van der Waals surface area contributed by atoms with Gasteiger partial charge in [-0.3, -0.25) is 14.5 Å². The number of nitrogens with one attached hydrogen (secondary N) is 1. The second-order valence-corrected chi connectivity index (χ2v) is 10.3. The van der Waals surface area contributed by atoms with E-state index >= 15 is 0 Å². The number of carbonyl (C=O) groups excluding carboxylic acids is 2. The Kier molecular flexibility index (Phi) is 9.03. The largest absolute Gasteiger partial charge is 0.392 e. The van der Waals surface area contributed by atoms with Crippen molar-refractivity contribution in [2.45, 2.75) is 25.5 Å².